The Bertz CT molecular complexity index is 406. The Morgan fingerprint density at radius 1 is 0.905 bits per heavy atom. The summed E-state index contributed by atoms with van der Waals surface area (Å²) in [6.07, 6.45) is -0.102. The van der Waals surface area contributed by atoms with Crippen molar-refractivity contribution in [1.82, 2.24) is 4.98 Å². The Kier molecular flexibility index (Phi) is 9.42. The quantitative estimate of drug-likeness (QED) is 0.522. The first kappa shape index (κ1) is 21.2. The van der Waals surface area contributed by atoms with E-state index in [9.17, 15) is 0 Å². The number of hydrogen-bond donors (Lipinski definition) is 0. The average Bonchev–Trinajstić information content (AvgIpc) is 2.25. The van der Waals surface area contributed by atoms with Crippen LogP contribution in [0.15, 0.2) is 22.8 Å². The number of pyridine rings is 1. The molecule has 1 aromatic heterocycles. The van der Waals surface area contributed by atoms with Crippen molar-refractivity contribution in [2.24, 2.45) is 0 Å². The second-order valence-corrected chi connectivity index (χ2v) is 6.39. The Hall–Kier alpha value is 0.172. The van der Waals surface area contributed by atoms with Gasteiger partial charge < -0.3 is 14.0 Å². The summed E-state index contributed by atoms with van der Waals surface area (Å²) >= 11 is 3.39. The van der Waals surface area contributed by atoms with Crippen molar-refractivity contribution in [2.75, 3.05) is 0 Å². The molecule has 1 rings (SSSR count). The summed E-state index contributed by atoms with van der Waals surface area (Å²) in [5.74, 6) is 0. The molecule has 0 radical (unpaired) electrons. The van der Waals surface area contributed by atoms with Crippen LogP contribution in [0.5, 0.6) is 0 Å². The molecule has 1 aromatic rings. The van der Waals surface area contributed by atoms with E-state index >= 15 is 0 Å². The van der Waals surface area contributed by atoms with E-state index in [4.69, 9.17) is 14.0 Å². The van der Waals surface area contributed by atoms with E-state index in [1.165, 1.54) is 0 Å². The number of aromatic nitrogens is 1. The minimum Gasteiger partial charge on any atom is -0.538 e. The molecule has 0 saturated heterocycles. The van der Waals surface area contributed by atoms with Gasteiger partial charge in [-0.15, -0.1) is 0 Å². The zero-order valence-electron chi connectivity index (χ0n) is 14.1. The predicted molar refractivity (Wildman–Crippen MR) is 86.0 cm³/mol. The van der Waals surface area contributed by atoms with Gasteiger partial charge in [-0.05, 0) is 69.1 Å². The van der Waals surface area contributed by atoms with Crippen LogP contribution in [0.3, 0.4) is 0 Å². The SMILES string of the molecule is CC(C)O[B-](OC(C)C)(OC(C)C)c1cccc(Br)n1.[Li+]. The molecule has 0 spiro atoms. The predicted octanol–water partition coefficient (Wildman–Crippen LogP) is 0.269. The fourth-order valence-electron chi connectivity index (χ4n) is 2.00. The second kappa shape index (κ2) is 9.34. The van der Waals surface area contributed by atoms with Gasteiger partial charge >= 0.3 is 25.6 Å². The molecule has 0 bridgehead atoms. The molecule has 0 unspecified atom stereocenters. The minimum absolute atomic E-state index is 0. The van der Waals surface area contributed by atoms with Gasteiger partial charge in [0.05, 0.1) is 0 Å². The van der Waals surface area contributed by atoms with Crippen LogP contribution in [0.2, 0.25) is 0 Å². The van der Waals surface area contributed by atoms with Crippen molar-refractivity contribution < 1.29 is 32.8 Å². The van der Waals surface area contributed by atoms with E-state index in [0.717, 1.165) is 4.60 Å². The van der Waals surface area contributed by atoms with Gasteiger partial charge in [0.25, 0.3) is 0 Å². The maximum Gasteiger partial charge on any atom is 1.00 e. The summed E-state index contributed by atoms with van der Waals surface area (Å²) in [6.45, 7) is 9.69. The van der Waals surface area contributed by atoms with Gasteiger partial charge in [0.2, 0.25) is 0 Å². The normalized spacial score (nSPS) is 12.1. The molecule has 0 aromatic carbocycles. The van der Waals surface area contributed by atoms with Crippen molar-refractivity contribution in [1.29, 1.82) is 0 Å². The van der Waals surface area contributed by atoms with Gasteiger partial charge in [-0.2, -0.15) is 0 Å². The van der Waals surface area contributed by atoms with Crippen molar-refractivity contribution in [2.45, 2.75) is 59.9 Å². The monoisotopic (exact) mass is 351 g/mol. The Morgan fingerprint density at radius 3 is 1.67 bits per heavy atom. The van der Waals surface area contributed by atoms with Gasteiger partial charge in [-0.1, -0.05) is 12.1 Å². The molecule has 21 heavy (non-hydrogen) atoms. The molecule has 0 aliphatic rings. The molecule has 0 aliphatic carbocycles. The van der Waals surface area contributed by atoms with E-state index in [0.29, 0.717) is 5.59 Å². The number of nitrogens with zero attached hydrogens (tertiary/aromatic N) is 1. The van der Waals surface area contributed by atoms with Gasteiger partial charge in [0.1, 0.15) is 4.60 Å². The molecular formula is C14H24BBrLiNO3. The summed E-state index contributed by atoms with van der Waals surface area (Å²) in [7, 11) is 0. The molecule has 0 aliphatic heterocycles. The van der Waals surface area contributed by atoms with Gasteiger partial charge in [-0.3, -0.25) is 4.98 Å². The van der Waals surface area contributed by atoms with Gasteiger partial charge in [0.15, 0.2) is 0 Å². The minimum atomic E-state index is -2.08. The fourth-order valence-corrected chi connectivity index (χ4v) is 2.36. The second-order valence-electron chi connectivity index (χ2n) is 5.58. The smallest absolute Gasteiger partial charge is 0.538 e. The summed E-state index contributed by atoms with van der Waals surface area (Å²) in [5.41, 5.74) is 0.662. The Balaban J connectivity index is 0.00000400. The zero-order valence-corrected chi connectivity index (χ0v) is 15.7. The zero-order chi connectivity index (χ0) is 15.3. The summed E-state index contributed by atoms with van der Waals surface area (Å²) in [4.78, 5) is 4.47. The fraction of sp³-hybridized carbons (Fsp3) is 0.643. The van der Waals surface area contributed by atoms with E-state index in [1.807, 2.05) is 59.7 Å². The van der Waals surface area contributed by atoms with Crippen LogP contribution in [-0.4, -0.2) is 30.1 Å². The maximum absolute atomic E-state index is 6.04. The first-order chi connectivity index (χ1) is 9.25. The largest absolute Gasteiger partial charge is 1.00 e. The number of hydrogen-bond acceptors (Lipinski definition) is 4. The van der Waals surface area contributed by atoms with Crippen LogP contribution < -0.4 is 24.5 Å². The summed E-state index contributed by atoms with van der Waals surface area (Å²) < 4.78 is 18.8. The van der Waals surface area contributed by atoms with Crippen molar-refractivity contribution in [3.8, 4) is 0 Å². The Labute approximate surface area is 148 Å². The van der Waals surface area contributed by atoms with Gasteiger partial charge in [-0.25, -0.2) is 0 Å². The topological polar surface area (TPSA) is 40.6 Å². The van der Waals surface area contributed by atoms with Crippen molar-refractivity contribution >= 4 is 28.3 Å². The standard InChI is InChI=1S/C14H24BBrNO3.Li/c1-10(2)18-15(19-11(3)4,20-12(5)6)13-8-7-9-14(16)17-13;/h7-12H,1-6H3;/q-1;+1. The van der Waals surface area contributed by atoms with Crippen LogP contribution in [-0.2, 0) is 14.0 Å². The molecule has 114 valence electrons. The van der Waals surface area contributed by atoms with Gasteiger partial charge in [0, 0.05) is 18.3 Å². The van der Waals surface area contributed by atoms with Crippen molar-refractivity contribution in [3.05, 3.63) is 22.8 Å². The molecule has 0 N–H and O–H groups in total. The Morgan fingerprint density at radius 2 is 1.33 bits per heavy atom. The number of halogens is 1. The average molecular weight is 352 g/mol. The van der Waals surface area contributed by atoms with E-state index in [2.05, 4.69) is 20.9 Å². The van der Waals surface area contributed by atoms with E-state index in [1.54, 1.807) is 0 Å². The third kappa shape index (κ3) is 6.86. The maximum atomic E-state index is 6.04. The molecule has 7 heteroatoms. The van der Waals surface area contributed by atoms with E-state index < -0.39 is 6.75 Å². The summed E-state index contributed by atoms with van der Waals surface area (Å²) in [5, 5.41) is 0. The molecule has 0 atom stereocenters. The third-order valence-electron chi connectivity index (χ3n) is 2.45. The molecule has 0 amide bonds. The van der Waals surface area contributed by atoms with Crippen LogP contribution in [0.1, 0.15) is 41.5 Å². The van der Waals surface area contributed by atoms with E-state index in [-0.39, 0.29) is 37.2 Å². The summed E-state index contributed by atoms with van der Waals surface area (Å²) in [6, 6.07) is 5.64. The first-order valence-electron chi connectivity index (χ1n) is 7.05. The molecule has 0 fully saturated rings. The van der Waals surface area contributed by atoms with Crippen LogP contribution in [0.4, 0.5) is 0 Å². The van der Waals surface area contributed by atoms with Crippen LogP contribution in [0.25, 0.3) is 0 Å². The van der Waals surface area contributed by atoms with Crippen molar-refractivity contribution in [3.63, 3.8) is 0 Å². The van der Waals surface area contributed by atoms with Crippen LogP contribution >= 0.6 is 15.9 Å². The molecular weight excluding hydrogens is 328 g/mol. The molecule has 1 heterocycles. The first-order valence-corrected chi connectivity index (χ1v) is 7.84. The van der Waals surface area contributed by atoms with Crippen LogP contribution in [0, 0.1) is 0 Å². The number of rotatable bonds is 7. The molecule has 0 saturated carbocycles. The molecule has 4 nitrogen and oxygen atoms in total. The third-order valence-corrected chi connectivity index (χ3v) is 2.89.